The molecule has 0 radical (unpaired) electrons. The van der Waals surface area contributed by atoms with Crippen LogP contribution < -0.4 is 10.1 Å². The van der Waals surface area contributed by atoms with Gasteiger partial charge in [0.15, 0.2) is 0 Å². The molecule has 1 amide bonds. The molecule has 0 heterocycles. The lowest BCUT2D eigenvalue weighted by molar-refractivity contribution is -0.175. The van der Waals surface area contributed by atoms with Gasteiger partial charge in [-0.25, -0.2) is 0 Å². The van der Waals surface area contributed by atoms with E-state index in [2.05, 4.69) is 5.32 Å². The molecule has 1 saturated carbocycles. The molecule has 1 fully saturated rings. The highest BCUT2D eigenvalue weighted by molar-refractivity contribution is 5.82. The predicted octanol–water partition coefficient (Wildman–Crippen LogP) is 4.90. The molecule has 2 aromatic carbocycles. The maximum atomic E-state index is 13.0. The second kappa shape index (κ2) is 6.83. The van der Waals surface area contributed by atoms with Crippen molar-refractivity contribution < 1.29 is 22.7 Å². The van der Waals surface area contributed by atoms with Crippen molar-refractivity contribution in [2.75, 3.05) is 7.11 Å². The summed E-state index contributed by atoms with van der Waals surface area (Å²) in [7, 11) is 1.53. The molecule has 0 aliphatic heterocycles. The molecule has 28 heavy (non-hydrogen) atoms. The highest BCUT2D eigenvalue weighted by Gasteiger charge is 2.55. The highest BCUT2D eigenvalue weighted by atomic mass is 19.4. The maximum Gasteiger partial charge on any atom is 0.471 e. The second-order valence-corrected chi connectivity index (χ2v) is 7.59. The number of alkyl halides is 3. The minimum atomic E-state index is -4.91. The fourth-order valence-corrected chi connectivity index (χ4v) is 5.18. The largest absolute Gasteiger partial charge is 0.497 e. The molecule has 2 aromatic rings. The van der Waals surface area contributed by atoms with Crippen LogP contribution in [0.25, 0.3) is 0 Å². The molecule has 6 heteroatoms. The Hall–Kier alpha value is -2.50. The van der Waals surface area contributed by atoms with Gasteiger partial charge >= 0.3 is 12.1 Å². The molecule has 3 nitrogen and oxygen atoms in total. The van der Waals surface area contributed by atoms with Gasteiger partial charge in [-0.15, -0.1) is 0 Å². The van der Waals surface area contributed by atoms with E-state index in [4.69, 9.17) is 4.74 Å². The number of fused-ring (bicyclic) bond motifs is 3. The monoisotopic (exact) mass is 389 g/mol. The number of rotatable bonds is 3. The third-order valence-corrected chi connectivity index (χ3v) is 6.28. The van der Waals surface area contributed by atoms with Gasteiger partial charge in [0.05, 0.1) is 13.2 Å². The van der Waals surface area contributed by atoms with Crippen molar-refractivity contribution in [1.82, 2.24) is 5.32 Å². The SMILES string of the molecule is COc1ccc2c(c1)[C@@H](NC(=O)C(F)(F)F)[C@@H]1CCCC[C@]21c1ccccc1. The number of halogens is 3. The van der Waals surface area contributed by atoms with Crippen molar-refractivity contribution in [2.45, 2.75) is 43.3 Å². The Bertz CT molecular complexity index is 881. The number of carbonyl (C=O) groups excluding carboxylic acids is 1. The van der Waals surface area contributed by atoms with E-state index >= 15 is 0 Å². The van der Waals surface area contributed by atoms with Crippen LogP contribution in [-0.4, -0.2) is 19.2 Å². The first-order valence-corrected chi connectivity index (χ1v) is 9.49. The van der Waals surface area contributed by atoms with Gasteiger partial charge in [-0.2, -0.15) is 13.2 Å². The summed E-state index contributed by atoms with van der Waals surface area (Å²) in [5.74, 6) is -1.44. The number of hydrogen-bond acceptors (Lipinski definition) is 2. The number of carbonyl (C=O) groups is 1. The molecule has 0 saturated heterocycles. The molecule has 3 atom stereocenters. The van der Waals surface area contributed by atoms with Crippen LogP contribution in [0.1, 0.15) is 48.4 Å². The molecular weight excluding hydrogens is 367 g/mol. The Morgan fingerprint density at radius 1 is 1.14 bits per heavy atom. The van der Waals surface area contributed by atoms with Gasteiger partial charge < -0.3 is 10.1 Å². The zero-order valence-corrected chi connectivity index (χ0v) is 15.6. The summed E-state index contributed by atoms with van der Waals surface area (Å²) in [4.78, 5) is 11.8. The van der Waals surface area contributed by atoms with Gasteiger partial charge in [-0.1, -0.05) is 49.2 Å². The number of benzene rings is 2. The van der Waals surface area contributed by atoms with Gasteiger partial charge in [-0.3, -0.25) is 4.79 Å². The van der Waals surface area contributed by atoms with Gasteiger partial charge in [0.25, 0.3) is 0 Å². The van der Waals surface area contributed by atoms with Crippen LogP contribution in [-0.2, 0) is 10.2 Å². The summed E-state index contributed by atoms with van der Waals surface area (Å²) in [6.07, 6.45) is -1.38. The number of ether oxygens (including phenoxy) is 1. The number of nitrogens with one attached hydrogen (secondary N) is 1. The summed E-state index contributed by atoms with van der Waals surface area (Å²) in [6, 6.07) is 14.8. The first-order chi connectivity index (χ1) is 13.4. The third-order valence-electron chi connectivity index (χ3n) is 6.28. The standard InChI is InChI=1S/C22H22F3NO2/c1-28-15-10-11-17-16(13-15)19(26-20(27)22(23,24)25)18-9-5-6-12-21(17,18)14-7-3-2-4-8-14/h2-4,7-8,10-11,13,18-19H,5-6,9,12H2,1H3,(H,26,27)/t18-,19+,21-/m0/s1. The fourth-order valence-electron chi connectivity index (χ4n) is 5.18. The van der Waals surface area contributed by atoms with Crippen molar-refractivity contribution in [2.24, 2.45) is 5.92 Å². The lowest BCUT2D eigenvalue weighted by Crippen LogP contribution is -2.44. The zero-order valence-electron chi connectivity index (χ0n) is 15.6. The molecule has 0 bridgehead atoms. The van der Waals surface area contributed by atoms with Crippen LogP contribution in [0.3, 0.4) is 0 Å². The summed E-state index contributed by atoms with van der Waals surface area (Å²) in [6.45, 7) is 0. The average Bonchev–Trinajstić information content (AvgIpc) is 2.98. The Balaban J connectivity index is 1.89. The van der Waals surface area contributed by atoms with E-state index in [0.29, 0.717) is 5.75 Å². The minimum absolute atomic E-state index is 0.128. The van der Waals surface area contributed by atoms with Crippen LogP contribution in [0.4, 0.5) is 13.2 Å². The Morgan fingerprint density at radius 2 is 1.89 bits per heavy atom. The van der Waals surface area contributed by atoms with E-state index in [-0.39, 0.29) is 5.92 Å². The molecule has 2 aliphatic rings. The van der Waals surface area contributed by atoms with Crippen LogP contribution in [0.15, 0.2) is 48.5 Å². The van der Waals surface area contributed by atoms with E-state index in [1.54, 1.807) is 6.07 Å². The predicted molar refractivity (Wildman–Crippen MR) is 99.1 cm³/mol. The normalized spacial score (nSPS) is 26.3. The fraction of sp³-hybridized carbons (Fsp3) is 0.409. The minimum Gasteiger partial charge on any atom is -0.497 e. The van der Waals surface area contributed by atoms with Crippen LogP contribution in [0, 0.1) is 5.92 Å². The van der Waals surface area contributed by atoms with E-state index < -0.39 is 23.5 Å². The van der Waals surface area contributed by atoms with Gasteiger partial charge in [-0.05, 0) is 47.6 Å². The summed E-state index contributed by atoms with van der Waals surface area (Å²) >= 11 is 0. The maximum absolute atomic E-state index is 13.0. The first kappa shape index (κ1) is 18.8. The molecule has 2 aliphatic carbocycles. The van der Waals surface area contributed by atoms with Crippen molar-refractivity contribution >= 4 is 5.91 Å². The third kappa shape index (κ3) is 2.86. The summed E-state index contributed by atoms with van der Waals surface area (Å²) in [5, 5.41) is 2.30. The van der Waals surface area contributed by atoms with Crippen molar-refractivity contribution in [3.05, 3.63) is 65.2 Å². The lowest BCUT2D eigenvalue weighted by atomic mass is 9.61. The van der Waals surface area contributed by atoms with Gasteiger partial charge in [0.1, 0.15) is 5.75 Å². The van der Waals surface area contributed by atoms with Crippen molar-refractivity contribution in [1.29, 1.82) is 0 Å². The molecule has 0 aromatic heterocycles. The van der Waals surface area contributed by atoms with Gasteiger partial charge in [0, 0.05) is 5.41 Å². The van der Waals surface area contributed by atoms with Crippen LogP contribution in [0.5, 0.6) is 5.75 Å². The van der Waals surface area contributed by atoms with E-state index in [1.165, 1.54) is 7.11 Å². The average molecular weight is 389 g/mol. The summed E-state index contributed by atoms with van der Waals surface area (Å²) < 4.78 is 44.4. The highest BCUT2D eigenvalue weighted by Crippen LogP contribution is 2.60. The zero-order chi connectivity index (χ0) is 19.9. The Labute approximate surface area is 161 Å². The van der Waals surface area contributed by atoms with E-state index in [1.807, 2.05) is 42.5 Å². The Morgan fingerprint density at radius 3 is 2.57 bits per heavy atom. The number of methoxy groups -OCH3 is 1. The number of amides is 1. The van der Waals surface area contributed by atoms with Crippen LogP contribution >= 0.6 is 0 Å². The summed E-state index contributed by atoms with van der Waals surface area (Å²) in [5.41, 5.74) is 2.42. The quantitative estimate of drug-likeness (QED) is 0.811. The molecule has 148 valence electrons. The molecule has 1 N–H and O–H groups in total. The molecule has 4 rings (SSSR count). The van der Waals surface area contributed by atoms with Crippen molar-refractivity contribution in [3.8, 4) is 5.75 Å². The van der Waals surface area contributed by atoms with E-state index in [9.17, 15) is 18.0 Å². The Kier molecular flexibility index (Phi) is 4.60. The lowest BCUT2D eigenvalue weighted by Gasteiger charge is -2.42. The second-order valence-electron chi connectivity index (χ2n) is 7.59. The molecule has 0 spiro atoms. The van der Waals surface area contributed by atoms with Crippen LogP contribution in [0.2, 0.25) is 0 Å². The first-order valence-electron chi connectivity index (χ1n) is 9.49. The van der Waals surface area contributed by atoms with Crippen molar-refractivity contribution in [3.63, 3.8) is 0 Å². The topological polar surface area (TPSA) is 38.3 Å². The molecular formula is C22H22F3NO2. The van der Waals surface area contributed by atoms with Gasteiger partial charge in [0.2, 0.25) is 0 Å². The smallest absolute Gasteiger partial charge is 0.471 e. The molecule has 0 unspecified atom stereocenters. The van der Waals surface area contributed by atoms with E-state index in [0.717, 1.165) is 42.4 Å². The number of hydrogen-bond donors (Lipinski definition) is 1.